The maximum absolute atomic E-state index is 11.1. The van der Waals surface area contributed by atoms with Crippen molar-refractivity contribution in [3.63, 3.8) is 0 Å². The fourth-order valence-corrected chi connectivity index (χ4v) is 1.84. The smallest absolute Gasteiger partial charge is 0.337 e. The molecule has 0 aliphatic rings. The Morgan fingerprint density at radius 1 is 1.25 bits per heavy atom. The van der Waals surface area contributed by atoms with Crippen LogP contribution in [-0.2, 0) is 6.54 Å². The third kappa shape index (κ3) is 3.20. The van der Waals surface area contributed by atoms with Crippen molar-refractivity contribution in [2.24, 2.45) is 0 Å². The number of ether oxygens (including phenoxy) is 1. The number of aromatic carboxylic acids is 1. The second kappa shape index (κ2) is 5.97. The number of methoxy groups -OCH3 is 1. The van der Waals surface area contributed by atoms with Gasteiger partial charge in [0.25, 0.3) is 0 Å². The molecule has 0 amide bonds. The van der Waals surface area contributed by atoms with E-state index < -0.39 is 5.97 Å². The molecule has 0 aliphatic heterocycles. The highest BCUT2D eigenvalue weighted by atomic mass is 16.5. The predicted octanol–water partition coefficient (Wildman–Crippen LogP) is 2.59. The molecule has 0 unspecified atom stereocenters. The maximum Gasteiger partial charge on any atom is 0.337 e. The zero-order valence-corrected chi connectivity index (χ0v) is 11.1. The van der Waals surface area contributed by atoms with Crippen LogP contribution in [-0.4, -0.2) is 18.2 Å². The number of nitrogens with one attached hydrogen (secondary N) is 1. The van der Waals surface area contributed by atoms with Crippen molar-refractivity contribution in [1.82, 2.24) is 0 Å². The van der Waals surface area contributed by atoms with Gasteiger partial charge < -0.3 is 20.9 Å². The van der Waals surface area contributed by atoms with Crippen molar-refractivity contribution in [1.29, 1.82) is 0 Å². The normalized spacial score (nSPS) is 10.1. The van der Waals surface area contributed by atoms with Gasteiger partial charge in [0.2, 0.25) is 0 Å². The summed E-state index contributed by atoms with van der Waals surface area (Å²) in [5.74, 6) is -0.203. The predicted molar refractivity (Wildman–Crippen MR) is 78.1 cm³/mol. The van der Waals surface area contributed by atoms with Gasteiger partial charge in [-0.15, -0.1) is 0 Å². The first kappa shape index (κ1) is 13.7. The topological polar surface area (TPSA) is 84.6 Å². The summed E-state index contributed by atoms with van der Waals surface area (Å²) in [5.41, 5.74) is 7.93. The molecule has 2 aromatic carbocycles. The lowest BCUT2D eigenvalue weighted by Crippen LogP contribution is -2.07. The minimum atomic E-state index is -0.984. The molecule has 0 bridgehead atoms. The van der Waals surface area contributed by atoms with E-state index in [1.165, 1.54) is 6.07 Å². The zero-order valence-electron chi connectivity index (χ0n) is 11.1. The van der Waals surface area contributed by atoms with Gasteiger partial charge >= 0.3 is 5.97 Å². The van der Waals surface area contributed by atoms with Gasteiger partial charge in [-0.1, -0.05) is 12.1 Å². The Labute approximate surface area is 117 Å². The minimum Gasteiger partial charge on any atom is -0.497 e. The number of rotatable bonds is 5. The van der Waals surface area contributed by atoms with Gasteiger partial charge in [0.05, 0.1) is 18.4 Å². The summed E-state index contributed by atoms with van der Waals surface area (Å²) in [7, 11) is 1.61. The average molecular weight is 272 g/mol. The van der Waals surface area contributed by atoms with Crippen molar-refractivity contribution in [2.75, 3.05) is 18.2 Å². The first-order chi connectivity index (χ1) is 9.60. The van der Waals surface area contributed by atoms with Gasteiger partial charge in [-0.3, -0.25) is 0 Å². The number of carboxylic acids is 1. The quantitative estimate of drug-likeness (QED) is 0.728. The molecule has 20 heavy (non-hydrogen) atoms. The number of benzene rings is 2. The van der Waals surface area contributed by atoms with Crippen LogP contribution < -0.4 is 15.8 Å². The Bertz CT molecular complexity index is 609. The number of anilines is 2. The molecule has 0 heterocycles. The zero-order chi connectivity index (χ0) is 14.5. The van der Waals surface area contributed by atoms with E-state index in [2.05, 4.69) is 5.32 Å². The molecule has 5 heteroatoms. The van der Waals surface area contributed by atoms with Crippen LogP contribution >= 0.6 is 0 Å². The number of carbonyl (C=O) groups is 1. The van der Waals surface area contributed by atoms with E-state index in [0.29, 0.717) is 17.9 Å². The number of nitrogens with two attached hydrogens (primary N) is 1. The summed E-state index contributed by atoms with van der Waals surface area (Å²) in [5, 5.41) is 12.2. The van der Waals surface area contributed by atoms with Gasteiger partial charge in [0.15, 0.2) is 0 Å². The van der Waals surface area contributed by atoms with Crippen LogP contribution in [0, 0.1) is 0 Å². The van der Waals surface area contributed by atoms with Gasteiger partial charge in [0, 0.05) is 12.2 Å². The lowest BCUT2D eigenvalue weighted by Gasteiger charge is -2.11. The van der Waals surface area contributed by atoms with Gasteiger partial charge in [-0.25, -0.2) is 4.79 Å². The fourth-order valence-electron chi connectivity index (χ4n) is 1.84. The number of nitrogen functional groups attached to an aromatic ring is 1. The molecule has 0 fully saturated rings. The van der Waals surface area contributed by atoms with E-state index in [9.17, 15) is 4.79 Å². The van der Waals surface area contributed by atoms with Crippen molar-refractivity contribution in [2.45, 2.75) is 6.54 Å². The molecule has 0 atom stereocenters. The van der Waals surface area contributed by atoms with Gasteiger partial charge in [-0.2, -0.15) is 0 Å². The summed E-state index contributed by atoms with van der Waals surface area (Å²) < 4.78 is 5.08. The molecule has 0 saturated carbocycles. The molecule has 0 aromatic heterocycles. The Morgan fingerprint density at radius 2 is 1.95 bits per heavy atom. The molecule has 2 rings (SSSR count). The van der Waals surface area contributed by atoms with E-state index >= 15 is 0 Å². The van der Waals surface area contributed by atoms with Crippen LogP contribution in [0.2, 0.25) is 0 Å². The number of carboxylic acid groups (broad SMARTS) is 1. The van der Waals surface area contributed by atoms with Crippen LogP contribution in [0.4, 0.5) is 11.4 Å². The lowest BCUT2D eigenvalue weighted by molar-refractivity contribution is 0.0698. The molecule has 0 saturated heterocycles. The van der Waals surface area contributed by atoms with Gasteiger partial charge in [0.1, 0.15) is 5.75 Å². The summed E-state index contributed by atoms with van der Waals surface area (Å²) in [6.07, 6.45) is 0. The Morgan fingerprint density at radius 3 is 2.55 bits per heavy atom. The number of hydrogen-bond donors (Lipinski definition) is 3. The highest BCUT2D eigenvalue weighted by Crippen LogP contribution is 2.20. The van der Waals surface area contributed by atoms with Crippen LogP contribution in [0.5, 0.6) is 5.75 Å². The molecular formula is C15H16N2O3. The highest BCUT2D eigenvalue weighted by molar-refractivity contribution is 5.95. The summed E-state index contributed by atoms with van der Waals surface area (Å²) in [4.78, 5) is 11.1. The van der Waals surface area contributed by atoms with E-state index in [1.54, 1.807) is 19.2 Å². The lowest BCUT2D eigenvalue weighted by atomic mass is 10.1. The first-order valence-corrected chi connectivity index (χ1v) is 6.10. The third-order valence-corrected chi connectivity index (χ3v) is 2.92. The number of hydrogen-bond acceptors (Lipinski definition) is 4. The largest absolute Gasteiger partial charge is 0.497 e. The second-order valence-corrected chi connectivity index (χ2v) is 4.31. The van der Waals surface area contributed by atoms with E-state index in [0.717, 1.165) is 11.3 Å². The van der Waals surface area contributed by atoms with E-state index in [-0.39, 0.29) is 5.56 Å². The monoisotopic (exact) mass is 272 g/mol. The Balaban J connectivity index is 2.13. The molecule has 104 valence electrons. The SMILES string of the molecule is COc1ccc(CNc2cc(N)ccc2C(=O)O)cc1. The van der Waals surface area contributed by atoms with Gasteiger partial charge in [-0.05, 0) is 35.9 Å². The van der Waals surface area contributed by atoms with Crippen LogP contribution in [0.25, 0.3) is 0 Å². The van der Waals surface area contributed by atoms with Crippen molar-refractivity contribution < 1.29 is 14.6 Å². The van der Waals surface area contributed by atoms with Crippen molar-refractivity contribution >= 4 is 17.3 Å². The van der Waals surface area contributed by atoms with Crippen LogP contribution in [0.3, 0.4) is 0 Å². The molecule has 0 radical (unpaired) electrons. The fraction of sp³-hybridized carbons (Fsp3) is 0.133. The molecular weight excluding hydrogens is 256 g/mol. The molecule has 4 N–H and O–H groups in total. The molecule has 0 aliphatic carbocycles. The Hall–Kier alpha value is -2.69. The summed E-state index contributed by atoms with van der Waals surface area (Å²) in [6.45, 7) is 0.508. The van der Waals surface area contributed by atoms with Crippen molar-refractivity contribution in [3.05, 3.63) is 53.6 Å². The van der Waals surface area contributed by atoms with E-state index in [1.807, 2.05) is 24.3 Å². The molecule has 0 spiro atoms. The minimum absolute atomic E-state index is 0.202. The third-order valence-electron chi connectivity index (χ3n) is 2.92. The second-order valence-electron chi connectivity index (χ2n) is 4.31. The summed E-state index contributed by atoms with van der Waals surface area (Å²) in [6, 6.07) is 12.2. The highest BCUT2D eigenvalue weighted by Gasteiger charge is 2.09. The van der Waals surface area contributed by atoms with E-state index in [4.69, 9.17) is 15.6 Å². The van der Waals surface area contributed by atoms with Crippen LogP contribution in [0.15, 0.2) is 42.5 Å². The summed E-state index contributed by atoms with van der Waals surface area (Å²) >= 11 is 0. The molecule has 2 aromatic rings. The molecule has 5 nitrogen and oxygen atoms in total. The first-order valence-electron chi connectivity index (χ1n) is 6.10. The average Bonchev–Trinajstić information content (AvgIpc) is 2.45. The van der Waals surface area contributed by atoms with Crippen LogP contribution in [0.1, 0.15) is 15.9 Å². The standard InChI is InChI=1S/C15H16N2O3/c1-20-12-5-2-10(3-6-12)9-17-14-8-11(16)4-7-13(14)15(18)19/h2-8,17H,9,16H2,1H3,(H,18,19). The van der Waals surface area contributed by atoms with Crippen molar-refractivity contribution in [3.8, 4) is 5.75 Å². The maximum atomic E-state index is 11.1. The Kier molecular flexibility index (Phi) is 4.10.